The summed E-state index contributed by atoms with van der Waals surface area (Å²) < 4.78 is 0. The topological polar surface area (TPSA) is 35.5 Å². The standard InChI is InChI=1S/C16H25ClN2O/c1-3-18-11-13-7-6-8-14(17)15(13)19(2)12-16(20)9-4-5-10-16/h6-8,18,20H,3-5,9-12H2,1-2H3. The molecule has 1 aromatic carbocycles. The molecule has 0 amide bonds. The lowest BCUT2D eigenvalue weighted by Gasteiger charge is -2.32. The van der Waals surface area contributed by atoms with Crippen LogP contribution in [-0.4, -0.2) is 30.8 Å². The van der Waals surface area contributed by atoms with E-state index in [1.807, 2.05) is 19.2 Å². The predicted molar refractivity (Wildman–Crippen MR) is 85.5 cm³/mol. The number of nitrogens with one attached hydrogen (secondary N) is 1. The lowest BCUT2D eigenvalue weighted by atomic mass is 10.0. The quantitative estimate of drug-likeness (QED) is 0.846. The summed E-state index contributed by atoms with van der Waals surface area (Å²) in [5, 5.41) is 14.7. The highest BCUT2D eigenvalue weighted by molar-refractivity contribution is 6.33. The summed E-state index contributed by atoms with van der Waals surface area (Å²) in [6.07, 6.45) is 4.03. The van der Waals surface area contributed by atoms with Gasteiger partial charge in [-0.2, -0.15) is 0 Å². The molecule has 4 heteroatoms. The summed E-state index contributed by atoms with van der Waals surface area (Å²) in [6.45, 7) is 4.47. The van der Waals surface area contributed by atoms with Crippen LogP contribution in [0.2, 0.25) is 5.02 Å². The van der Waals surface area contributed by atoms with Gasteiger partial charge in [-0.15, -0.1) is 0 Å². The first-order valence-corrected chi connectivity index (χ1v) is 7.85. The molecular weight excluding hydrogens is 272 g/mol. The van der Waals surface area contributed by atoms with Crippen molar-refractivity contribution in [1.29, 1.82) is 0 Å². The molecule has 0 spiro atoms. The Morgan fingerprint density at radius 1 is 1.35 bits per heavy atom. The van der Waals surface area contributed by atoms with Crippen LogP contribution in [0.1, 0.15) is 38.2 Å². The third-order valence-corrected chi connectivity index (χ3v) is 4.39. The van der Waals surface area contributed by atoms with Gasteiger partial charge in [-0.3, -0.25) is 0 Å². The van der Waals surface area contributed by atoms with Gasteiger partial charge in [-0.05, 0) is 31.0 Å². The van der Waals surface area contributed by atoms with Crippen molar-refractivity contribution in [3.63, 3.8) is 0 Å². The summed E-state index contributed by atoms with van der Waals surface area (Å²) in [4.78, 5) is 2.11. The summed E-state index contributed by atoms with van der Waals surface area (Å²) in [5.74, 6) is 0. The number of hydrogen-bond donors (Lipinski definition) is 2. The first kappa shape index (κ1) is 15.6. The van der Waals surface area contributed by atoms with E-state index in [1.165, 1.54) is 5.56 Å². The monoisotopic (exact) mass is 296 g/mol. The third kappa shape index (κ3) is 3.66. The van der Waals surface area contributed by atoms with Gasteiger partial charge in [0.25, 0.3) is 0 Å². The second-order valence-electron chi connectivity index (χ2n) is 5.82. The van der Waals surface area contributed by atoms with Crippen LogP contribution < -0.4 is 10.2 Å². The molecule has 0 atom stereocenters. The smallest absolute Gasteiger partial charge is 0.0821 e. The maximum atomic E-state index is 10.6. The summed E-state index contributed by atoms with van der Waals surface area (Å²) in [6, 6.07) is 6.00. The van der Waals surface area contributed by atoms with E-state index in [0.29, 0.717) is 6.54 Å². The number of hydrogen-bond acceptors (Lipinski definition) is 3. The van der Waals surface area contributed by atoms with Gasteiger partial charge >= 0.3 is 0 Å². The van der Waals surface area contributed by atoms with Gasteiger partial charge in [0, 0.05) is 20.1 Å². The van der Waals surface area contributed by atoms with E-state index >= 15 is 0 Å². The van der Waals surface area contributed by atoms with E-state index in [2.05, 4.69) is 23.2 Å². The fourth-order valence-corrected chi connectivity index (χ4v) is 3.44. The Hall–Kier alpha value is -0.770. The summed E-state index contributed by atoms with van der Waals surface area (Å²) >= 11 is 6.38. The molecule has 0 unspecified atom stereocenters. The molecule has 1 aromatic rings. The van der Waals surface area contributed by atoms with Crippen LogP contribution in [0.4, 0.5) is 5.69 Å². The first-order valence-electron chi connectivity index (χ1n) is 7.47. The van der Waals surface area contributed by atoms with Crippen molar-refractivity contribution in [3.05, 3.63) is 28.8 Å². The highest BCUT2D eigenvalue weighted by Crippen LogP contribution is 2.34. The van der Waals surface area contributed by atoms with Crippen molar-refractivity contribution in [2.45, 2.75) is 44.8 Å². The molecule has 1 aliphatic rings. The van der Waals surface area contributed by atoms with Crippen molar-refractivity contribution in [1.82, 2.24) is 5.32 Å². The van der Waals surface area contributed by atoms with Crippen LogP contribution in [-0.2, 0) is 6.54 Å². The van der Waals surface area contributed by atoms with Gasteiger partial charge < -0.3 is 15.3 Å². The van der Waals surface area contributed by atoms with Gasteiger partial charge in [0.2, 0.25) is 0 Å². The molecule has 0 aromatic heterocycles. The fraction of sp³-hybridized carbons (Fsp3) is 0.625. The largest absolute Gasteiger partial charge is 0.388 e. The first-order chi connectivity index (χ1) is 9.56. The molecule has 0 radical (unpaired) electrons. The van der Waals surface area contributed by atoms with Crippen molar-refractivity contribution >= 4 is 17.3 Å². The van der Waals surface area contributed by atoms with Crippen LogP contribution in [0.25, 0.3) is 0 Å². The van der Waals surface area contributed by atoms with Crippen LogP contribution in [0, 0.1) is 0 Å². The highest BCUT2D eigenvalue weighted by atomic mass is 35.5. The van der Waals surface area contributed by atoms with E-state index in [0.717, 1.165) is 49.5 Å². The van der Waals surface area contributed by atoms with Crippen LogP contribution in [0.15, 0.2) is 18.2 Å². The van der Waals surface area contributed by atoms with Gasteiger partial charge in [0.05, 0.1) is 16.3 Å². The summed E-state index contributed by atoms with van der Waals surface area (Å²) in [5.41, 5.74) is 1.67. The molecule has 1 fully saturated rings. The van der Waals surface area contributed by atoms with E-state index in [-0.39, 0.29) is 0 Å². The Kier molecular flexibility index (Phi) is 5.30. The number of benzene rings is 1. The van der Waals surface area contributed by atoms with E-state index < -0.39 is 5.60 Å². The second-order valence-corrected chi connectivity index (χ2v) is 6.22. The molecule has 3 nitrogen and oxygen atoms in total. The van der Waals surface area contributed by atoms with Crippen LogP contribution in [0.3, 0.4) is 0 Å². The molecule has 2 N–H and O–H groups in total. The Balaban J connectivity index is 2.17. The Bertz CT molecular complexity index is 444. The zero-order valence-electron chi connectivity index (χ0n) is 12.5. The van der Waals surface area contributed by atoms with Gasteiger partial charge in [-0.1, -0.05) is 43.5 Å². The summed E-state index contributed by atoms with van der Waals surface area (Å²) in [7, 11) is 2.02. The molecule has 0 bridgehead atoms. The molecule has 1 aliphatic carbocycles. The number of likely N-dealkylation sites (N-methyl/N-ethyl adjacent to an activating group) is 1. The van der Waals surface area contributed by atoms with Crippen LogP contribution in [0.5, 0.6) is 0 Å². The fourth-order valence-electron chi connectivity index (χ4n) is 3.10. The van der Waals surface area contributed by atoms with Crippen molar-refractivity contribution in [2.24, 2.45) is 0 Å². The zero-order valence-corrected chi connectivity index (χ0v) is 13.2. The number of halogens is 1. The maximum absolute atomic E-state index is 10.6. The Morgan fingerprint density at radius 2 is 2.05 bits per heavy atom. The molecule has 0 aliphatic heterocycles. The van der Waals surface area contributed by atoms with Crippen LogP contribution >= 0.6 is 11.6 Å². The second kappa shape index (κ2) is 6.79. The maximum Gasteiger partial charge on any atom is 0.0821 e. The van der Waals surface area contributed by atoms with Crippen molar-refractivity contribution in [2.75, 3.05) is 25.0 Å². The average Bonchev–Trinajstić information content (AvgIpc) is 2.82. The van der Waals surface area contributed by atoms with E-state index in [1.54, 1.807) is 0 Å². The van der Waals surface area contributed by atoms with E-state index in [4.69, 9.17) is 11.6 Å². The minimum absolute atomic E-state index is 0.552. The van der Waals surface area contributed by atoms with Gasteiger partial charge in [-0.25, -0.2) is 0 Å². The van der Waals surface area contributed by atoms with E-state index in [9.17, 15) is 5.11 Å². The highest BCUT2D eigenvalue weighted by Gasteiger charge is 2.33. The lowest BCUT2D eigenvalue weighted by molar-refractivity contribution is 0.0559. The number of nitrogens with zero attached hydrogens (tertiary/aromatic N) is 1. The van der Waals surface area contributed by atoms with Crippen molar-refractivity contribution in [3.8, 4) is 0 Å². The molecule has 1 saturated carbocycles. The molecular formula is C16H25ClN2O. The van der Waals surface area contributed by atoms with Gasteiger partial charge in [0.1, 0.15) is 0 Å². The number of rotatable bonds is 6. The average molecular weight is 297 g/mol. The Labute approximate surface area is 126 Å². The number of aliphatic hydroxyl groups is 1. The van der Waals surface area contributed by atoms with Crippen molar-refractivity contribution < 1.29 is 5.11 Å². The molecule has 112 valence electrons. The molecule has 20 heavy (non-hydrogen) atoms. The third-order valence-electron chi connectivity index (χ3n) is 4.08. The van der Waals surface area contributed by atoms with Gasteiger partial charge in [0.15, 0.2) is 0 Å². The zero-order chi connectivity index (χ0) is 14.6. The molecule has 0 saturated heterocycles. The lowest BCUT2D eigenvalue weighted by Crippen LogP contribution is -2.39. The predicted octanol–water partition coefficient (Wildman–Crippen LogP) is 3.19. The number of para-hydroxylation sites is 1. The normalized spacial score (nSPS) is 17.4. The minimum atomic E-state index is -0.552. The number of anilines is 1. The molecule has 0 heterocycles. The Morgan fingerprint density at radius 3 is 2.70 bits per heavy atom. The minimum Gasteiger partial charge on any atom is -0.388 e. The SMILES string of the molecule is CCNCc1cccc(Cl)c1N(C)CC1(O)CCCC1. The molecule has 2 rings (SSSR count).